The molecule has 220 valence electrons. The molecule has 1 aromatic heterocycles. The van der Waals surface area contributed by atoms with E-state index in [9.17, 15) is 19.1 Å². The van der Waals surface area contributed by atoms with Crippen LogP contribution in [-0.2, 0) is 21.9 Å². The topological polar surface area (TPSA) is 92.6 Å². The summed E-state index contributed by atoms with van der Waals surface area (Å²) in [5.41, 5.74) is 3.63. The Balaban J connectivity index is 1.28. The highest BCUT2D eigenvalue weighted by atomic mass is 32.2. The predicted molar refractivity (Wildman–Crippen MR) is 169 cm³/mol. The molecule has 1 amide bonds. The van der Waals surface area contributed by atoms with Crippen molar-refractivity contribution in [3.8, 4) is 5.75 Å². The molecule has 1 fully saturated rings. The van der Waals surface area contributed by atoms with Gasteiger partial charge in [0.15, 0.2) is 4.34 Å². The minimum Gasteiger partial charge on any atom is -0.507 e. The summed E-state index contributed by atoms with van der Waals surface area (Å²) >= 11 is 2.41. The molecule has 0 unspecified atom stereocenters. The van der Waals surface area contributed by atoms with Gasteiger partial charge in [-0.25, -0.2) is 4.39 Å². The largest absolute Gasteiger partial charge is 0.507 e. The maximum absolute atomic E-state index is 14.1. The van der Waals surface area contributed by atoms with E-state index in [2.05, 4.69) is 10.2 Å². The zero-order valence-corrected chi connectivity index (χ0v) is 25.1. The van der Waals surface area contributed by atoms with Crippen LogP contribution in [0.4, 0.5) is 9.52 Å². The number of amides is 1. The number of thioether (sulfide) groups is 1. The molecule has 1 atom stereocenters. The normalized spacial score (nSPS) is 16.0. The smallest absolute Gasteiger partial charge is 0.301 e. The molecular formula is C34H26FN3O4S2. The van der Waals surface area contributed by atoms with E-state index in [0.29, 0.717) is 39.1 Å². The van der Waals surface area contributed by atoms with E-state index >= 15 is 0 Å². The number of halogens is 1. The second-order valence-corrected chi connectivity index (χ2v) is 12.3. The van der Waals surface area contributed by atoms with Crippen LogP contribution in [0.15, 0.2) is 113 Å². The average molecular weight is 624 g/mol. The van der Waals surface area contributed by atoms with Crippen LogP contribution in [-0.4, -0.2) is 27.0 Å². The molecule has 7 nitrogen and oxygen atoms in total. The number of aromatic nitrogens is 2. The Hall–Kier alpha value is -4.80. The summed E-state index contributed by atoms with van der Waals surface area (Å²) in [6, 6.07) is 29.3. The molecule has 0 spiro atoms. The molecule has 1 saturated heterocycles. The summed E-state index contributed by atoms with van der Waals surface area (Å²) in [6.07, 6.45) is 0. The lowest BCUT2D eigenvalue weighted by Gasteiger charge is -2.22. The van der Waals surface area contributed by atoms with Gasteiger partial charge in [-0.2, -0.15) is 0 Å². The first-order chi connectivity index (χ1) is 21.4. The molecule has 6 rings (SSSR count). The fourth-order valence-corrected chi connectivity index (χ4v) is 6.78. The molecule has 10 heteroatoms. The van der Waals surface area contributed by atoms with Gasteiger partial charge in [-0.15, -0.1) is 10.2 Å². The van der Waals surface area contributed by atoms with Gasteiger partial charge in [0.05, 0.1) is 11.6 Å². The number of hydrogen-bond acceptors (Lipinski definition) is 8. The Kier molecular flexibility index (Phi) is 8.53. The van der Waals surface area contributed by atoms with Gasteiger partial charge in [0.2, 0.25) is 5.13 Å². The van der Waals surface area contributed by atoms with Crippen LogP contribution in [0.25, 0.3) is 5.76 Å². The summed E-state index contributed by atoms with van der Waals surface area (Å²) in [5, 5.41) is 20.0. The van der Waals surface area contributed by atoms with Crippen molar-refractivity contribution in [3.05, 3.63) is 142 Å². The molecule has 1 N–H and O–H groups in total. The Morgan fingerprint density at radius 1 is 0.955 bits per heavy atom. The molecule has 1 aliphatic heterocycles. The summed E-state index contributed by atoms with van der Waals surface area (Å²) in [4.78, 5) is 28.2. The van der Waals surface area contributed by atoms with Crippen molar-refractivity contribution in [2.45, 2.75) is 29.7 Å². The second kappa shape index (κ2) is 12.8. The van der Waals surface area contributed by atoms with Crippen LogP contribution in [0.2, 0.25) is 0 Å². The number of benzene rings is 4. The van der Waals surface area contributed by atoms with Gasteiger partial charge in [-0.05, 0) is 53.9 Å². The van der Waals surface area contributed by atoms with Gasteiger partial charge >= 0.3 is 5.91 Å². The van der Waals surface area contributed by atoms with Gasteiger partial charge in [0, 0.05) is 11.3 Å². The zero-order valence-electron chi connectivity index (χ0n) is 23.5. The molecule has 0 aliphatic carbocycles. The lowest BCUT2D eigenvalue weighted by molar-refractivity contribution is -0.132. The monoisotopic (exact) mass is 623 g/mol. The molecule has 0 radical (unpaired) electrons. The number of nitrogens with zero attached hydrogens (tertiary/aromatic N) is 3. The lowest BCUT2D eigenvalue weighted by atomic mass is 9.95. The standard InChI is InChI=1S/C34H26FN3O4S2/c1-21-8-7-9-22(18-21)19-42-26-16-14-24(15-17-26)30(39)28-29(23-10-3-2-4-11-23)38(32(41)31(28)40)33-36-37-34(44-33)43-20-25-12-5-6-13-27(25)35/h2-18,29,39H,19-20H2,1H3/t29-/m0/s1. The molecule has 2 heterocycles. The van der Waals surface area contributed by atoms with Crippen molar-refractivity contribution < 1.29 is 23.8 Å². The third-order valence-electron chi connectivity index (χ3n) is 7.09. The Morgan fingerprint density at radius 3 is 2.45 bits per heavy atom. The number of hydrogen-bond donors (Lipinski definition) is 1. The van der Waals surface area contributed by atoms with Crippen molar-refractivity contribution in [1.29, 1.82) is 0 Å². The maximum atomic E-state index is 14.1. The van der Waals surface area contributed by atoms with E-state index in [1.165, 1.54) is 22.7 Å². The fourth-order valence-electron chi connectivity index (χ4n) is 4.93. The van der Waals surface area contributed by atoms with Crippen molar-refractivity contribution in [2.75, 3.05) is 4.90 Å². The number of aliphatic hydroxyl groups excluding tert-OH is 1. The zero-order chi connectivity index (χ0) is 30.6. The van der Waals surface area contributed by atoms with Gasteiger partial charge in [0.25, 0.3) is 5.78 Å². The number of ketones is 1. The molecule has 44 heavy (non-hydrogen) atoms. The number of carbonyl (C=O) groups is 2. The van der Waals surface area contributed by atoms with E-state index in [-0.39, 0.29) is 22.3 Å². The SMILES string of the molecule is Cc1cccc(COc2ccc(C(O)=C3C(=O)C(=O)N(c4nnc(SCc5ccccc5F)s4)[C@H]3c3ccccc3)cc2)c1. The fraction of sp³-hybridized carbons (Fsp3) is 0.118. The quantitative estimate of drug-likeness (QED) is 0.0598. The first kappa shape index (κ1) is 29.3. The average Bonchev–Trinajstić information content (AvgIpc) is 3.61. The molecule has 0 saturated carbocycles. The lowest BCUT2D eigenvalue weighted by Crippen LogP contribution is -2.29. The molecule has 5 aromatic rings. The molecule has 0 bridgehead atoms. The van der Waals surface area contributed by atoms with Gasteiger partial charge in [-0.1, -0.05) is 101 Å². The number of carbonyl (C=O) groups excluding carboxylic acids is 2. The van der Waals surface area contributed by atoms with Crippen molar-refractivity contribution in [3.63, 3.8) is 0 Å². The van der Waals surface area contributed by atoms with E-state index in [0.717, 1.165) is 22.5 Å². The highest BCUT2D eigenvalue weighted by Crippen LogP contribution is 2.44. The van der Waals surface area contributed by atoms with E-state index in [4.69, 9.17) is 4.74 Å². The first-order valence-electron chi connectivity index (χ1n) is 13.7. The Bertz CT molecular complexity index is 1860. The Morgan fingerprint density at radius 2 is 1.70 bits per heavy atom. The third kappa shape index (κ3) is 6.13. The minimum absolute atomic E-state index is 0.0506. The van der Waals surface area contributed by atoms with E-state index in [1.807, 2.05) is 37.3 Å². The van der Waals surface area contributed by atoms with Gasteiger partial charge in [0.1, 0.15) is 23.9 Å². The van der Waals surface area contributed by atoms with Crippen LogP contribution < -0.4 is 9.64 Å². The van der Waals surface area contributed by atoms with Crippen LogP contribution in [0.3, 0.4) is 0 Å². The number of ether oxygens (including phenoxy) is 1. The number of aryl methyl sites for hydroxylation is 1. The highest BCUT2D eigenvalue weighted by Gasteiger charge is 2.48. The Labute approximate surface area is 261 Å². The predicted octanol–water partition coefficient (Wildman–Crippen LogP) is 7.48. The molecule has 4 aromatic carbocycles. The number of anilines is 1. The summed E-state index contributed by atoms with van der Waals surface area (Å²) in [5.74, 6) is -1.34. The number of aliphatic hydroxyl groups is 1. The number of Topliss-reactive ketones (excluding diaryl/α,β-unsaturated/α-hetero) is 1. The van der Waals surface area contributed by atoms with Gasteiger partial charge < -0.3 is 9.84 Å². The summed E-state index contributed by atoms with van der Waals surface area (Å²) in [7, 11) is 0. The van der Waals surface area contributed by atoms with Crippen LogP contribution in [0.5, 0.6) is 5.75 Å². The molecule has 1 aliphatic rings. The van der Waals surface area contributed by atoms with Crippen molar-refractivity contribution >= 4 is 45.7 Å². The maximum Gasteiger partial charge on any atom is 0.301 e. The van der Waals surface area contributed by atoms with Crippen LogP contribution in [0, 0.1) is 12.7 Å². The van der Waals surface area contributed by atoms with Gasteiger partial charge in [-0.3, -0.25) is 14.5 Å². The summed E-state index contributed by atoms with van der Waals surface area (Å²) in [6.45, 7) is 2.40. The third-order valence-corrected chi connectivity index (χ3v) is 9.19. The minimum atomic E-state index is -0.925. The summed E-state index contributed by atoms with van der Waals surface area (Å²) < 4.78 is 20.5. The highest BCUT2D eigenvalue weighted by molar-refractivity contribution is 8.00. The van der Waals surface area contributed by atoms with E-state index in [1.54, 1.807) is 66.7 Å². The number of rotatable bonds is 9. The first-order valence-corrected chi connectivity index (χ1v) is 15.5. The molecular weight excluding hydrogens is 598 g/mol. The van der Waals surface area contributed by atoms with Crippen molar-refractivity contribution in [1.82, 2.24) is 10.2 Å². The van der Waals surface area contributed by atoms with E-state index < -0.39 is 17.7 Å². The van der Waals surface area contributed by atoms with Crippen molar-refractivity contribution in [2.24, 2.45) is 0 Å². The van der Waals surface area contributed by atoms with Crippen LogP contribution >= 0.6 is 23.1 Å². The second-order valence-electron chi connectivity index (χ2n) is 10.1. The van der Waals surface area contributed by atoms with Crippen LogP contribution in [0.1, 0.15) is 33.9 Å².